The molecule has 252 valence electrons. The molecular formula is C42H80N+. The number of hydrogen-bond donors (Lipinski definition) is 0. The molecule has 0 N–H and O–H groups in total. The molecule has 1 nitrogen and oxygen atoms in total. The van der Waals surface area contributed by atoms with Crippen molar-refractivity contribution >= 4 is 0 Å². The van der Waals surface area contributed by atoms with Crippen molar-refractivity contribution < 1.29 is 4.57 Å². The van der Waals surface area contributed by atoms with Crippen LogP contribution in [-0.2, 0) is 19.4 Å². The first kappa shape index (κ1) is 40.2. The molecule has 0 atom stereocenters. The van der Waals surface area contributed by atoms with E-state index in [1.54, 1.807) is 11.1 Å². The molecule has 1 rings (SSSR count). The van der Waals surface area contributed by atoms with Crippen LogP contribution >= 0.6 is 0 Å². The molecule has 0 fully saturated rings. The van der Waals surface area contributed by atoms with Crippen LogP contribution in [0.4, 0.5) is 0 Å². The molecular weight excluding hydrogens is 518 g/mol. The topological polar surface area (TPSA) is 3.88 Å². The van der Waals surface area contributed by atoms with Crippen LogP contribution in [0.5, 0.6) is 0 Å². The number of aryl methyl sites for hydroxylation is 3. The van der Waals surface area contributed by atoms with Crippen LogP contribution in [0.3, 0.4) is 0 Å². The Balaban J connectivity index is 2.18. The molecule has 0 aliphatic rings. The van der Waals surface area contributed by atoms with Crippen molar-refractivity contribution in [1.29, 1.82) is 0 Å². The minimum atomic E-state index is 1.19. The lowest BCUT2D eigenvalue weighted by Crippen LogP contribution is -2.33. The van der Waals surface area contributed by atoms with E-state index in [-0.39, 0.29) is 0 Å². The molecule has 0 aliphatic heterocycles. The summed E-state index contributed by atoms with van der Waals surface area (Å²) in [6.07, 6.45) is 51.9. The van der Waals surface area contributed by atoms with Gasteiger partial charge in [0.1, 0.15) is 6.54 Å². The van der Waals surface area contributed by atoms with E-state index in [1.165, 1.54) is 218 Å². The van der Waals surface area contributed by atoms with Gasteiger partial charge in [0.2, 0.25) is 0 Å². The molecule has 0 saturated carbocycles. The minimum Gasteiger partial charge on any atom is -0.205 e. The summed E-state index contributed by atoms with van der Waals surface area (Å²) in [5, 5.41) is 0. The summed E-state index contributed by atoms with van der Waals surface area (Å²) in [6.45, 7) is 8.13. The molecule has 0 bridgehead atoms. The van der Waals surface area contributed by atoms with E-state index in [4.69, 9.17) is 0 Å². The van der Waals surface area contributed by atoms with E-state index < -0.39 is 0 Å². The average molecular weight is 599 g/mol. The van der Waals surface area contributed by atoms with Gasteiger partial charge in [-0.3, -0.25) is 0 Å². The lowest BCUT2D eigenvalue weighted by molar-refractivity contribution is -0.697. The third-order valence-electron chi connectivity index (χ3n) is 9.82. The summed E-state index contributed by atoms with van der Waals surface area (Å²) < 4.78 is 2.49. The van der Waals surface area contributed by atoms with Crippen LogP contribution in [0.25, 0.3) is 0 Å². The molecule has 1 heterocycles. The van der Waals surface area contributed by atoms with Gasteiger partial charge in [-0.2, -0.15) is 0 Å². The van der Waals surface area contributed by atoms with Crippen molar-refractivity contribution in [1.82, 2.24) is 0 Å². The van der Waals surface area contributed by atoms with Crippen molar-refractivity contribution in [2.24, 2.45) is 0 Å². The maximum Gasteiger partial charge on any atom is 0.172 e. The SMILES string of the molecule is CCCCCCCCCCCCCCCCc1cc[n+](CCCCC)cc1CCCCCCCCCCCCCCCC. The molecule has 0 spiro atoms. The summed E-state index contributed by atoms with van der Waals surface area (Å²) in [5.41, 5.74) is 3.31. The normalized spacial score (nSPS) is 11.5. The van der Waals surface area contributed by atoms with Gasteiger partial charge in [-0.25, -0.2) is 4.57 Å². The Labute approximate surface area is 272 Å². The molecule has 1 aromatic rings. The molecule has 43 heavy (non-hydrogen) atoms. The first-order valence-electron chi connectivity index (χ1n) is 20.3. The highest BCUT2D eigenvalue weighted by molar-refractivity contribution is 5.21. The number of unbranched alkanes of at least 4 members (excludes halogenated alkanes) is 28. The van der Waals surface area contributed by atoms with Gasteiger partial charge in [0.15, 0.2) is 12.4 Å². The third-order valence-corrected chi connectivity index (χ3v) is 9.82. The molecule has 0 unspecified atom stereocenters. The second kappa shape index (κ2) is 32.5. The molecule has 1 aromatic heterocycles. The summed E-state index contributed by atoms with van der Waals surface area (Å²) in [4.78, 5) is 0. The van der Waals surface area contributed by atoms with Crippen molar-refractivity contribution in [3.05, 3.63) is 29.6 Å². The number of pyridine rings is 1. The fraction of sp³-hybridized carbons (Fsp3) is 0.881. The highest BCUT2D eigenvalue weighted by Gasteiger charge is 2.10. The van der Waals surface area contributed by atoms with Crippen LogP contribution in [0.2, 0.25) is 0 Å². The van der Waals surface area contributed by atoms with Crippen molar-refractivity contribution in [3.8, 4) is 0 Å². The van der Waals surface area contributed by atoms with Gasteiger partial charge in [-0.05, 0) is 37.7 Å². The predicted molar refractivity (Wildman–Crippen MR) is 194 cm³/mol. The number of nitrogens with zero attached hydrogens (tertiary/aromatic N) is 1. The maximum absolute atomic E-state index is 2.52. The highest BCUT2D eigenvalue weighted by atomic mass is 14.9. The van der Waals surface area contributed by atoms with Crippen molar-refractivity contribution in [2.45, 2.75) is 239 Å². The smallest absolute Gasteiger partial charge is 0.172 e. The molecule has 1 heteroatoms. The molecule has 0 aliphatic carbocycles. The number of hydrogen-bond acceptors (Lipinski definition) is 0. The largest absolute Gasteiger partial charge is 0.205 e. The fourth-order valence-corrected chi connectivity index (χ4v) is 6.79. The Morgan fingerprint density at radius 3 is 1.02 bits per heavy atom. The van der Waals surface area contributed by atoms with Crippen molar-refractivity contribution in [3.63, 3.8) is 0 Å². The Kier molecular flexibility index (Phi) is 30.4. The van der Waals surface area contributed by atoms with Crippen LogP contribution in [0.1, 0.15) is 231 Å². The zero-order chi connectivity index (χ0) is 30.9. The first-order valence-corrected chi connectivity index (χ1v) is 20.3. The van der Waals surface area contributed by atoms with E-state index in [2.05, 4.69) is 43.8 Å². The van der Waals surface area contributed by atoms with Gasteiger partial charge < -0.3 is 0 Å². The predicted octanol–water partition coefficient (Wildman–Crippen LogP) is 14.2. The van der Waals surface area contributed by atoms with E-state index in [9.17, 15) is 0 Å². The second-order valence-electron chi connectivity index (χ2n) is 14.1. The lowest BCUT2D eigenvalue weighted by Gasteiger charge is -2.10. The van der Waals surface area contributed by atoms with E-state index in [1.807, 2.05) is 0 Å². The monoisotopic (exact) mass is 599 g/mol. The number of rotatable bonds is 34. The minimum absolute atomic E-state index is 1.19. The summed E-state index contributed by atoms with van der Waals surface area (Å²) in [6, 6.07) is 2.48. The molecule has 0 aromatic carbocycles. The third kappa shape index (κ3) is 26.1. The molecule has 0 radical (unpaired) electrons. The van der Waals surface area contributed by atoms with Gasteiger partial charge in [-0.15, -0.1) is 0 Å². The average Bonchev–Trinajstić information content (AvgIpc) is 3.02. The zero-order valence-corrected chi connectivity index (χ0v) is 30.2. The zero-order valence-electron chi connectivity index (χ0n) is 30.2. The Morgan fingerprint density at radius 2 is 0.651 bits per heavy atom. The molecule has 0 saturated heterocycles. The second-order valence-corrected chi connectivity index (χ2v) is 14.1. The summed E-state index contributed by atoms with van der Waals surface area (Å²) in [7, 11) is 0. The highest BCUT2D eigenvalue weighted by Crippen LogP contribution is 2.18. The van der Waals surface area contributed by atoms with Crippen LogP contribution in [0.15, 0.2) is 18.5 Å². The van der Waals surface area contributed by atoms with Gasteiger partial charge in [0.25, 0.3) is 0 Å². The van der Waals surface area contributed by atoms with Crippen LogP contribution in [-0.4, -0.2) is 0 Å². The van der Waals surface area contributed by atoms with Crippen LogP contribution < -0.4 is 4.57 Å². The fourth-order valence-electron chi connectivity index (χ4n) is 6.79. The Hall–Kier alpha value is -0.850. The van der Waals surface area contributed by atoms with Crippen molar-refractivity contribution in [2.75, 3.05) is 0 Å². The Morgan fingerprint density at radius 1 is 0.349 bits per heavy atom. The van der Waals surface area contributed by atoms with Gasteiger partial charge >= 0.3 is 0 Å². The Bertz CT molecular complexity index is 679. The maximum atomic E-state index is 2.52. The van der Waals surface area contributed by atoms with Gasteiger partial charge in [0.05, 0.1) is 0 Å². The quantitative estimate of drug-likeness (QED) is 0.0549. The van der Waals surface area contributed by atoms with Gasteiger partial charge in [0, 0.05) is 18.1 Å². The summed E-state index contributed by atoms with van der Waals surface area (Å²) in [5.74, 6) is 0. The molecule has 0 amide bonds. The first-order chi connectivity index (χ1) is 21.3. The standard InChI is InChI=1S/C42H80N/c1-4-7-10-12-14-16-18-20-22-24-26-28-30-32-35-41-37-39-43(38-34-9-6-3)40-42(41)36-33-31-29-27-25-23-21-19-17-15-13-11-8-5-2/h37,39-40H,4-36,38H2,1-3H3/q+1. The number of aromatic nitrogens is 1. The lowest BCUT2D eigenvalue weighted by atomic mass is 9.97. The van der Waals surface area contributed by atoms with E-state index in [0.29, 0.717) is 0 Å². The van der Waals surface area contributed by atoms with E-state index in [0.717, 1.165) is 0 Å². The van der Waals surface area contributed by atoms with Gasteiger partial charge in [-0.1, -0.05) is 194 Å². The summed E-state index contributed by atoms with van der Waals surface area (Å²) >= 11 is 0. The van der Waals surface area contributed by atoms with Crippen LogP contribution in [0, 0.1) is 0 Å². The van der Waals surface area contributed by atoms with E-state index >= 15 is 0 Å².